The largest absolute Gasteiger partial charge is 0.506 e. The fourth-order valence-electron chi connectivity index (χ4n) is 3.18. The van der Waals surface area contributed by atoms with Crippen LogP contribution in [-0.2, 0) is 6.54 Å². The first-order valence-electron chi connectivity index (χ1n) is 9.09. The molecule has 0 aliphatic carbocycles. The van der Waals surface area contributed by atoms with E-state index < -0.39 is 0 Å². The summed E-state index contributed by atoms with van der Waals surface area (Å²) in [5.41, 5.74) is 0.907. The van der Waals surface area contributed by atoms with E-state index in [1.807, 2.05) is 29.8 Å². The summed E-state index contributed by atoms with van der Waals surface area (Å²) in [6.45, 7) is 5.34. The number of hydrogen-bond acceptors (Lipinski definition) is 5. The molecule has 0 spiro atoms. The lowest BCUT2D eigenvalue weighted by Crippen LogP contribution is -2.52. The summed E-state index contributed by atoms with van der Waals surface area (Å²) in [4.78, 5) is 8.91. The van der Waals surface area contributed by atoms with E-state index in [4.69, 9.17) is 0 Å². The maximum Gasteiger partial charge on any atom is 0.193 e. The van der Waals surface area contributed by atoms with Crippen molar-refractivity contribution >= 4 is 35.6 Å². The number of phenols is 1. The number of unbranched alkanes of at least 4 members (excludes halogenated alkanes) is 1. The molecular formula is C18H28IN7O. The number of aryl methyl sites for hydroxylation is 1. The molecule has 8 nitrogen and oxygen atoms in total. The van der Waals surface area contributed by atoms with Crippen molar-refractivity contribution in [1.29, 1.82) is 0 Å². The van der Waals surface area contributed by atoms with Gasteiger partial charge in [-0.25, -0.2) is 0 Å². The van der Waals surface area contributed by atoms with E-state index in [1.165, 1.54) is 0 Å². The van der Waals surface area contributed by atoms with Gasteiger partial charge in [-0.15, -0.1) is 34.2 Å². The first-order valence-corrected chi connectivity index (χ1v) is 9.09. The van der Waals surface area contributed by atoms with E-state index in [-0.39, 0.29) is 24.0 Å². The van der Waals surface area contributed by atoms with E-state index in [0.29, 0.717) is 5.75 Å². The zero-order valence-electron chi connectivity index (χ0n) is 15.7. The standard InChI is InChI=1S/C18H27N7O.HI/c1-19-18(20-8-4-5-9-23-14-21-22-15-23)25-12-10-24(11-13-25)16-6-2-3-7-17(16)26;/h2-3,6-7,14-15,26H,4-5,8-13H2,1H3,(H,19,20);1H. The number of phenolic OH excluding ortho intramolecular Hbond substituents is 1. The predicted octanol–water partition coefficient (Wildman–Crippen LogP) is 1.78. The summed E-state index contributed by atoms with van der Waals surface area (Å²) < 4.78 is 1.99. The molecule has 2 heterocycles. The monoisotopic (exact) mass is 485 g/mol. The molecule has 1 aromatic carbocycles. The van der Waals surface area contributed by atoms with Crippen LogP contribution < -0.4 is 10.2 Å². The van der Waals surface area contributed by atoms with Crippen LogP contribution in [0.2, 0.25) is 0 Å². The maximum atomic E-state index is 10.0. The molecule has 0 saturated carbocycles. The molecule has 0 amide bonds. The third kappa shape index (κ3) is 5.98. The van der Waals surface area contributed by atoms with Crippen molar-refractivity contribution in [2.75, 3.05) is 44.7 Å². The average Bonchev–Trinajstić information content (AvgIpc) is 3.19. The normalized spacial score (nSPS) is 14.8. The first-order chi connectivity index (χ1) is 12.8. The maximum absolute atomic E-state index is 10.0. The minimum Gasteiger partial charge on any atom is -0.506 e. The van der Waals surface area contributed by atoms with Crippen molar-refractivity contribution in [3.05, 3.63) is 36.9 Å². The van der Waals surface area contributed by atoms with E-state index in [2.05, 4.69) is 30.3 Å². The highest BCUT2D eigenvalue weighted by molar-refractivity contribution is 14.0. The van der Waals surface area contributed by atoms with Crippen molar-refractivity contribution in [3.8, 4) is 5.75 Å². The van der Waals surface area contributed by atoms with Gasteiger partial charge >= 0.3 is 0 Å². The SMILES string of the molecule is CN=C(NCCCCn1cnnc1)N1CCN(c2ccccc2O)CC1.I. The fourth-order valence-corrected chi connectivity index (χ4v) is 3.18. The van der Waals surface area contributed by atoms with Gasteiger partial charge in [-0.1, -0.05) is 12.1 Å². The van der Waals surface area contributed by atoms with Crippen LogP contribution >= 0.6 is 24.0 Å². The zero-order valence-corrected chi connectivity index (χ0v) is 18.0. The number of hydrogen-bond donors (Lipinski definition) is 2. The van der Waals surface area contributed by atoms with Crippen LogP contribution in [0, 0.1) is 0 Å². The summed E-state index contributed by atoms with van der Waals surface area (Å²) in [5, 5.41) is 21.1. The van der Waals surface area contributed by atoms with Gasteiger partial charge in [0, 0.05) is 46.3 Å². The Morgan fingerprint density at radius 2 is 1.81 bits per heavy atom. The Balaban J connectivity index is 0.00000261. The Kier molecular flexibility index (Phi) is 8.62. The van der Waals surface area contributed by atoms with Gasteiger partial charge in [0.2, 0.25) is 0 Å². The molecule has 1 saturated heterocycles. The highest BCUT2D eigenvalue weighted by Crippen LogP contribution is 2.27. The van der Waals surface area contributed by atoms with E-state index in [9.17, 15) is 5.11 Å². The molecule has 1 aliphatic rings. The number of para-hydroxylation sites is 2. The van der Waals surface area contributed by atoms with Crippen molar-refractivity contribution in [2.45, 2.75) is 19.4 Å². The molecule has 0 unspecified atom stereocenters. The van der Waals surface area contributed by atoms with Gasteiger partial charge in [0.05, 0.1) is 5.69 Å². The number of aliphatic imine (C=N–C) groups is 1. The van der Waals surface area contributed by atoms with Crippen molar-refractivity contribution in [1.82, 2.24) is 25.0 Å². The third-order valence-electron chi connectivity index (χ3n) is 4.61. The van der Waals surface area contributed by atoms with Gasteiger partial charge in [-0.3, -0.25) is 4.99 Å². The van der Waals surface area contributed by atoms with Gasteiger partial charge in [0.25, 0.3) is 0 Å². The summed E-state index contributed by atoms with van der Waals surface area (Å²) in [6.07, 6.45) is 5.63. The van der Waals surface area contributed by atoms with Gasteiger partial charge in [-0.2, -0.15) is 0 Å². The molecule has 3 rings (SSSR count). The van der Waals surface area contributed by atoms with Crippen molar-refractivity contribution in [3.63, 3.8) is 0 Å². The zero-order chi connectivity index (χ0) is 18.2. The number of piperazine rings is 1. The smallest absolute Gasteiger partial charge is 0.193 e. The molecule has 1 fully saturated rings. The van der Waals surface area contributed by atoms with Crippen molar-refractivity contribution < 1.29 is 5.11 Å². The summed E-state index contributed by atoms with van der Waals surface area (Å²) in [7, 11) is 1.83. The molecule has 1 aliphatic heterocycles. The second-order valence-corrected chi connectivity index (χ2v) is 6.34. The van der Waals surface area contributed by atoms with Gasteiger partial charge < -0.3 is 24.8 Å². The lowest BCUT2D eigenvalue weighted by Gasteiger charge is -2.37. The molecular weight excluding hydrogens is 457 g/mol. The van der Waals surface area contributed by atoms with Crippen molar-refractivity contribution in [2.24, 2.45) is 4.99 Å². The molecule has 9 heteroatoms. The summed E-state index contributed by atoms with van der Waals surface area (Å²) in [5.74, 6) is 1.29. The predicted molar refractivity (Wildman–Crippen MR) is 118 cm³/mol. The fraction of sp³-hybridized carbons (Fsp3) is 0.500. The van der Waals surface area contributed by atoms with E-state index in [1.54, 1.807) is 18.7 Å². The molecule has 0 atom stereocenters. The highest BCUT2D eigenvalue weighted by atomic mass is 127. The van der Waals surface area contributed by atoms with Gasteiger partial charge in [0.1, 0.15) is 18.4 Å². The Morgan fingerprint density at radius 3 is 2.48 bits per heavy atom. The van der Waals surface area contributed by atoms with Gasteiger partial charge in [-0.05, 0) is 25.0 Å². The third-order valence-corrected chi connectivity index (χ3v) is 4.61. The average molecular weight is 485 g/mol. The molecule has 2 aromatic rings. The van der Waals surface area contributed by atoms with E-state index >= 15 is 0 Å². The Bertz CT molecular complexity index is 699. The van der Waals surface area contributed by atoms with Crippen LogP contribution in [0.1, 0.15) is 12.8 Å². The number of benzene rings is 1. The van der Waals surface area contributed by atoms with Crippen LogP contribution in [-0.4, -0.2) is 70.5 Å². The first kappa shape index (κ1) is 21.3. The number of rotatable bonds is 6. The molecule has 0 bridgehead atoms. The van der Waals surface area contributed by atoms with Crippen LogP contribution in [0.4, 0.5) is 5.69 Å². The minimum absolute atomic E-state index is 0. The second-order valence-electron chi connectivity index (χ2n) is 6.34. The molecule has 1 aromatic heterocycles. The minimum atomic E-state index is 0. The van der Waals surface area contributed by atoms with Crippen LogP contribution in [0.25, 0.3) is 0 Å². The van der Waals surface area contributed by atoms with E-state index in [0.717, 1.165) is 63.8 Å². The second kappa shape index (κ2) is 11.0. The number of aromatic hydroxyl groups is 1. The van der Waals surface area contributed by atoms with Crippen LogP contribution in [0.15, 0.2) is 41.9 Å². The number of nitrogens with one attached hydrogen (secondary N) is 1. The number of aromatic nitrogens is 3. The highest BCUT2D eigenvalue weighted by Gasteiger charge is 2.21. The molecule has 2 N–H and O–H groups in total. The number of nitrogens with zero attached hydrogens (tertiary/aromatic N) is 6. The van der Waals surface area contributed by atoms with Crippen LogP contribution in [0.3, 0.4) is 0 Å². The quantitative estimate of drug-likeness (QED) is 0.281. The summed E-state index contributed by atoms with van der Waals surface area (Å²) >= 11 is 0. The topological polar surface area (TPSA) is 81.8 Å². The Morgan fingerprint density at radius 1 is 1.11 bits per heavy atom. The number of halogens is 1. The van der Waals surface area contributed by atoms with Gasteiger partial charge in [0.15, 0.2) is 5.96 Å². The van der Waals surface area contributed by atoms with Crippen LogP contribution in [0.5, 0.6) is 5.75 Å². The molecule has 0 radical (unpaired) electrons. The molecule has 148 valence electrons. The lowest BCUT2D eigenvalue weighted by molar-refractivity contribution is 0.369. The number of anilines is 1. The molecule has 27 heavy (non-hydrogen) atoms. The Hall–Kier alpha value is -2.04. The number of guanidine groups is 1. The lowest BCUT2D eigenvalue weighted by atomic mass is 10.2. The Labute approximate surface area is 177 Å². The summed E-state index contributed by atoms with van der Waals surface area (Å²) in [6, 6.07) is 7.52.